The molecule has 0 amide bonds. The van der Waals surface area contributed by atoms with Crippen LogP contribution in [0.4, 0.5) is 0 Å². The molecule has 10 heteroatoms. The van der Waals surface area contributed by atoms with Gasteiger partial charge in [0, 0.05) is 24.8 Å². The first-order valence-electron chi connectivity index (χ1n) is 10.6. The van der Waals surface area contributed by atoms with Crippen LogP contribution in [0, 0.1) is 5.41 Å². The Labute approximate surface area is 195 Å². The summed E-state index contributed by atoms with van der Waals surface area (Å²) in [6, 6.07) is 16.6. The van der Waals surface area contributed by atoms with Gasteiger partial charge in [-0.25, -0.2) is 4.79 Å². The van der Waals surface area contributed by atoms with Gasteiger partial charge in [-0.3, -0.25) is 10.4 Å². The Balaban J connectivity index is 1.80. The number of hydrogen-bond acceptors (Lipinski definition) is 7. The van der Waals surface area contributed by atoms with Gasteiger partial charge >= 0.3 is 5.69 Å². The third kappa shape index (κ3) is 5.02. The van der Waals surface area contributed by atoms with Gasteiger partial charge in [0.15, 0.2) is 5.82 Å². The quantitative estimate of drug-likeness (QED) is 0.257. The Morgan fingerprint density at radius 1 is 1.15 bits per heavy atom. The lowest BCUT2D eigenvalue weighted by Gasteiger charge is -2.18. The molecule has 0 fully saturated rings. The Kier molecular flexibility index (Phi) is 6.79. The van der Waals surface area contributed by atoms with Gasteiger partial charge in [0.2, 0.25) is 0 Å². The van der Waals surface area contributed by atoms with Crippen LogP contribution >= 0.6 is 0 Å². The van der Waals surface area contributed by atoms with Crippen molar-refractivity contribution in [1.82, 2.24) is 25.0 Å². The van der Waals surface area contributed by atoms with Crippen LogP contribution in [0.5, 0.6) is 5.75 Å². The summed E-state index contributed by atoms with van der Waals surface area (Å²) in [4.78, 5) is 15.6. The predicted molar refractivity (Wildman–Crippen MR) is 126 cm³/mol. The summed E-state index contributed by atoms with van der Waals surface area (Å²) in [6.07, 6.45) is 2.06. The molecule has 2 heterocycles. The molecule has 2 aromatic heterocycles. The van der Waals surface area contributed by atoms with E-state index >= 15 is 0 Å². The minimum absolute atomic E-state index is 0.00662. The van der Waals surface area contributed by atoms with Gasteiger partial charge in [-0.2, -0.15) is 9.78 Å². The Morgan fingerprint density at radius 2 is 1.94 bits per heavy atom. The average molecular weight is 460 g/mol. The van der Waals surface area contributed by atoms with Gasteiger partial charge in [-0.05, 0) is 47.4 Å². The molecule has 34 heavy (non-hydrogen) atoms. The first-order valence-corrected chi connectivity index (χ1v) is 10.6. The summed E-state index contributed by atoms with van der Waals surface area (Å²) >= 11 is 0. The largest absolute Gasteiger partial charge is 0.497 e. The van der Waals surface area contributed by atoms with Gasteiger partial charge < -0.3 is 15.2 Å². The van der Waals surface area contributed by atoms with E-state index < -0.39 is 5.69 Å². The monoisotopic (exact) mass is 459 g/mol. The number of aromatic amines is 1. The van der Waals surface area contributed by atoms with E-state index in [1.807, 2.05) is 30.3 Å². The fourth-order valence-corrected chi connectivity index (χ4v) is 3.74. The molecule has 0 saturated heterocycles. The maximum absolute atomic E-state index is 12.7. The van der Waals surface area contributed by atoms with Gasteiger partial charge in [-0.15, -0.1) is 10.2 Å². The lowest BCUT2D eigenvalue weighted by atomic mass is 9.89. The highest BCUT2D eigenvalue weighted by atomic mass is 16.5. The molecule has 0 bridgehead atoms. The van der Waals surface area contributed by atoms with E-state index in [2.05, 4.69) is 20.3 Å². The highest BCUT2D eigenvalue weighted by Crippen LogP contribution is 2.30. The fourth-order valence-electron chi connectivity index (χ4n) is 3.74. The van der Waals surface area contributed by atoms with Crippen molar-refractivity contribution in [3.63, 3.8) is 0 Å². The van der Waals surface area contributed by atoms with Gasteiger partial charge in [0.05, 0.1) is 13.7 Å². The number of nitrogen functional groups attached to an aromatic ring is 1. The molecule has 0 aliphatic heterocycles. The summed E-state index contributed by atoms with van der Waals surface area (Å²) in [5.74, 6) is 1.18. The second-order valence-electron chi connectivity index (χ2n) is 7.72. The van der Waals surface area contributed by atoms with Crippen molar-refractivity contribution in [3.8, 4) is 11.6 Å². The molecule has 0 aliphatic rings. The van der Waals surface area contributed by atoms with Crippen LogP contribution in [-0.2, 0) is 17.8 Å². The van der Waals surface area contributed by atoms with Crippen molar-refractivity contribution in [2.24, 2.45) is 5.73 Å². The van der Waals surface area contributed by atoms with E-state index in [1.54, 1.807) is 38.5 Å². The first-order chi connectivity index (χ1) is 16.5. The van der Waals surface area contributed by atoms with Crippen molar-refractivity contribution >= 4 is 5.84 Å². The zero-order valence-corrected chi connectivity index (χ0v) is 18.9. The van der Waals surface area contributed by atoms with E-state index in [4.69, 9.17) is 20.6 Å². The maximum atomic E-state index is 12.7. The van der Waals surface area contributed by atoms with Crippen LogP contribution in [0.15, 0.2) is 65.6 Å². The number of nitrogens with zero attached hydrogens (tertiary/aromatic N) is 4. The van der Waals surface area contributed by atoms with Crippen LogP contribution in [0.1, 0.15) is 34.0 Å². The number of nitrogens with one attached hydrogen (secondary N) is 2. The predicted octanol–water partition coefficient (Wildman–Crippen LogP) is 2.16. The maximum Gasteiger partial charge on any atom is 0.349 e. The van der Waals surface area contributed by atoms with Crippen molar-refractivity contribution in [3.05, 3.63) is 99.4 Å². The third-order valence-corrected chi connectivity index (χ3v) is 5.38. The molecule has 4 N–H and O–H groups in total. The summed E-state index contributed by atoms with van der Waals surface area (Å²) in [5, 5.41) is 20.0. The molecule has 10 nitrogen and oxygen atoms in total. The summed E-state index contributed by atoms with van der Waals surface area (Å²) < 4.78 is 12.0. The molecule has 0 radical (unpaired) electrons. The Morgan fingerprint density at radius 3 is 2.59 bits per heavy atom. The molecule has 1 unspecified atom stereocenters. The normalized spacial score (nSPS) is 11.8. The molecule has 0 aliphatic carbocycles. The van der Waals surface area contributed by atoms with Crippen molar-refractivity contribution in [1.29, 1.82) is 5.41 Å². The van der Waals surface area contributed by atoms with Crippen molar-refractivity contribution in [2.75, 3.05) is 14.2 Å². The highest BCUT2D eigenvalue weighted by Gasteiger charge is 2.22. The number of rotatable bonds is 9. The topological polar surface area (TPSA) is 145 Å². The Bertz CT molecular complexity index is 1330. The van der Waals surface area contributed by atoms with Crippen molar-refractivity contribution in [2.45, 2.75) is 18.9 Å². The minimum Gasteiger partial charge on any atom is -0.497 e. The molecule has 0 spiro atoms. The average Bonchev–Trinajstić information content (AvgIpc) is 3.24. The number of hydrogen-bond donors (Lipinski definition) is 3. The van der Waals surface area contributed by atoms with Crippen LogP contribution in [-0.4, -0.2) is 45.0 Å². The second-order valence-corrected chi connectivity index (χ2v) is 7.72. The smallest absolute Gasteiger partial charge is 0.349 e. The zero-order chi connectivity index (χ0) is 24.1. The molecule has 0 saturated carbocycles. The van der Waals surface area contributed by atoms with E-state index in [-0.39, 0.29) is 11.8 Å². The SMILES string of the molecule is COCc1cc(OC)cc(C(Cc2ccc(C(=N)N)cc2)c2nn(-c3cccnn3)c(=O)[nH]2)c1. The first kappa shape index (κ1) is 22.9. The molecule has 2 aromatic carbocycles. The van der Waals surface area contributed by atoms with Crippen LogP contribution in [0.25, 0.3) is 5.82 Å². The van der Waals surface area contributed by atoms with E-state index in [0.29, 0.717) is 36.0 Å². The number of amidine groups is 1. The summed E-state index contributed by atoms with van der Waals surface area (Å²) in [6.45, 7) is 0.412. The van der Waals surface area contributed by atoms with Gasteiger partial charge in [0.1, 0.15) is 17.4 Å². The second kappa shape index (κ2) is 10.1. The number of aromatic nitrogens is 5. The lowest BCUT2D eigenvalue weighted by Crippen LogP contribution is -2.17. The fraction of sp³-hybridized carbons (Fsp3) is 0.208. The molecule has 1 atom stereocenters. The molecule has 4 rings (SSSR count). The number of H-pyrrole nitrogens is 1. The van der Waals surface area contributed by atoms with Crippen LogP contribution in [0.3, 0.4) is 0 Å². The molecule has 174 valence electrons. The Hall–Kier alpha value is -4.31. The minimum atomic E-state index is -0.410. The molecule has 4 aromatic rings. The number of benzene rings is 2. The number of ether oxygens (including phenoxy) is 2. The van der Waals surface area contributed by atoms with Crippen LogP contribution < -0.4 is 16.2 Å². The number of nitrogens with two attached hydrogens (primary N) is 1. The standard InChI is InChI=1S/C24H25N7O3/c1-33-14-16-10-18(13-19(11-16)34-2)20(12-15-5-7-17(8-6-15)22(25)26)23-28-24(32)31(30-23)21-4-3-9-27-29-21/h3-11,13,20H,12,14H2,1-2H3,(H3,25,26)(H,28,30,32). The molecular formula is C24H25N7O3. The van der Waals surface area contributed by atoms with E-state index in [1.165, 1.54) is 10.9 Å². The van der Waals surface area contributed by atoms with Crippen LogP contribution in [0.2, 0.25) is 0 Å². The summed E-state index contributed by atoms with van der Waals surface area (Å²) in [5.41, 5.74) is 8.65. The highest BCUT2D eigenvalue weighted by molar-refractivity contribution is 5.94. The van der Waals surface area contributed by atoms with E-state index in [9.17, 15) is 4.79 Å². The number of methoxy groups -OCH3 is 2. The van der Waals surface area contributed by atoms with E-state index in [0.717, 1.165) is 16.7 Å². The van der Waals surface area contributed by atoms with Gasteiger partial charge in [-0.1, -0.05) is 30.3 Å². The zero-order valence-electron chi connectivity index (χ0n) is 18.9. The lowest BCUT2D eigenvalue weighted by molar-refractivity contribution is 0.184. The summed E-state index contributed by atoms with van der Waals surface area (Å²) in [7, 11) is 3.24. The van der Waals surface area contributed by atoms with Gasteiger partial charge in [0.25, 0.3) is 0 Å². The third-order valence-electron chi connectivity index (χ3n) is 5.38. The van der Waals surface area contributed by atoms with Crippen molar-refractivity contribution < 1.29 is 9.47 Å². The molecular weight excluding hydrogens is 434 g/mol.